The van der Waals surface area contributed by atoms with E-state index in [2.05, 4.69) is 33.1 Å². The Labute approximate surface area is 105 Å². The van der Waals surface area contributed by atoms with Crippen molar-refractivity contribution in [1.82, 2.24) is 0 Å². The van der Waals surface area contributed by atoms with Gasteiger partial charge in [0.05, 0.1) is 14.5 Å². The van der Waals surface area contributed by atoms with Crippen LogP contribution in [0.3, 0.4) is 0 Å². The van der Waals surface area contributed by atoms with Crippen LogP contribution in [0.15, 0.2) is 11.8 Å². The fraction of sp³-hybridized carbons (Fsp3) is 0.786. The third-order valence-corrected chi connectivity index (χ3v) is 7.10. The molecule has 0 spiro atoms. The average Bonchev–Trinajstić information content (AvgIpc) is 2.58. The lowest BCUT2D eigenvalue weighted by molar-refractivity contribution is -0.142. The number of ether oxygens (including phenoxy) is 1. The molecule has 2 aliphatic rings. The van der Waals surface area contributed by atoms with Crippen LogP contribution in [-0.4, -0.2) is 20.1 Å². The van der Waals surface area contributed by atoms with Crippen LogP contribution in [0.1, 0.15) is 32.6 Å². The number of carbonyl (C=O) groups excluding carboxylic acids is 1. The van der Waals surface area contributed by atoms with Gasteiger partial charge in [-0.2, -0.15) is 0 Å². The second-order valence-corrected chi connectivity index (χ2v) is 12.0. The highest BCUT2D eigenvalue weighted by atomic mass is 28.3. The summed E-state index contributed by atoms with van der Waals surface area (Å²) >= 11 is 0. The fourth-order valence-corrected chi connectivity index (χ4v) is 5.62. The molecule has 1 saturated heterocycles. The van der Waals surface area contributed by atoms with Gasteiger partial charge in [0, 0.05) is 5.92 Å². The largest absolute Gasteiger partial charge is 0.462 e. The topological polar surface area (TPSA) is 26.3 Å². The van der Waals surface area contributed by atoms with Gasteiger partial charge in [-0.1, -0.05) is 31.8 Å². The summed E-state index contributed by atoms with van der Waals surface area (Å²) in [5.74, 6) is 0.375. The number of hydrogen-bond donors (Lipinski definition) is 0. The molecule has 0 aromatic heterocycles. The van der Waals surface area contributed by atoms with Gasteiger partial charge in [-0.15, -0.1) is 6.58 Å². The number of carbonyl (C=O) groups is 1. The van der Waals surface area contributed by atoms with Gasteiger partial charge in [-0.25, -0.2) is 0 Å². The molecule has 1 saturated carbocycles. The molecule has 1 unspecified atom stereocenters. The van der Waals surface area contributed by atoms with Gasteiger partial charge in [0.15, 0.2) is 0 Å². The zero-order valence-electron chi connectivity index (χ0n) is 11.5. The summed E-state index contributed by atoms with van der Waals surface area (Å²) in [6.07, 6.45) is 4.15. The molecule has 0 aromatic carbocycles. The molecular weight excluding hydrogens is 228 g/mol. The van der Waals surface area contributed by atoms with Crippen LogP contribution >= 0.6 is 0 Å². The van der Waals surface area contributed by atoms with Gasteiger partial charge in [-0.3, -0.25) is 4.79 Å². The third kappa shape index (κ3) is 2.10. The van der Waals surface area contributed by atoms with E-state index in [1.807, 2.05) is 0 Å². The minimum absolute atomic E-state index is 0.00324. The quantitative estimate of drug-likeness (QED) is 0.555. The highest BCUT2D eigenvalue weighted by Crippen LogP contribution is 2.52. The second-order valence-electron chi connectivity index (χ2n) is 6.88. The summed E-state index contributed by atoms with van der Waals surface area (Å²) in [6, 6.07) is 0. The summed E-state index contributed by atoms with van der Waals surface area (Å²) in [5, 5.41) is 1.41. The van der Waals surface area contributed by atoms with Crippen molar-refractivity contribution in [3.05, 3.63) is 11.8 Å². The maximum atomic E-state index is 11.5. The lowest BCUT2D eigenvalue weighted by Crippen LogP contribution is -2.45. The summed E-state index contributed by atoms with van der Waals surface area (Å²) in [5.41, 5.74) is 0.125. The molecule has 17 heavy (non-hydrogen) atoms. The Hall–Kier alpha value is -0.573. The normalized spacial score (nSPS) is 37.5. The van der Waals surface area contributed by atoms with Crippen LogP contribution < -0.4 is 0 Å². The van der Waals surface area contributed by atoms with Gasteiger partial charge >= 0.3 is 5.97 Å². The predicted molar refractivity (Wildman–Crippen MR) is 72.4 cm³/mol. The fourth-order valence-electron chi connectivity index (χ4n) is 3.59. The number of allylic oxidation sites excluding steroid dienone is 1. The molecule has 0 bridgehead atoms. The molecule has 1 heterocycles. The Balaban J connectivity index is 2.29. The van der Waals surface area contributed by atoms with E-state index in [9.17, 15) is 4.79 Å². The zero-order chi connectivity index (χ0) is 12.8. The number of rotatable bonds is 2. The lowest BCUT2D eigenvalue weighted by Gasteiger charge is -2.46. The van der Waals surface area contributed by atoms with Crippen molar-refractivity contribution in [1.29, 1.82) is 0 Å². The molecule has 1 aliphatic heterocycles. The molecule has 0 N–H and O–H groups in total. The van der Waals surface area contributed by atoms with Crippen LogP contribution in [0, 0.1) is 11.3 Å². The van der Waals surface area contributed by atoms with E-state index in [1.165, 1.54) is 11.6 Å². The third-order valence-electron chi connectivity index (χ3n) is 4.72. The molecule has 2 nitrogen and oxygen atoms in total. The molecule has 0 radical (unpaired) electrons. The first-order valence-corrected chi connectivity index (χ1v) is 10.1. The Bertz CT molecular complexity index is 356. The monoisotopic (exact) mass is 252 g/mol. The Morgan fingerprint density at radius 3 is 2.71 bits per heavy atom. The van der Waals surface area contributed by atoms with E-state index in [1.54, 1.807) is 0 Å². The van der Waals surface area contributed by atoms with E-state index in [4.69, 9.17) is 4.74 Å². The van der Waals surface area contributed by atoms with Gasteiger partial charge < -0.3 is 4.74 Å². The first-order chi connectivity index (χ1) is 7.75. The summed E-state index contributed by atoms with van der Waals surface area (Å²) < 4.78 is 5.46. The standard InChI is InChI=1S/C14H24O2Si/c1-10(17(3,4)5)14(2)8-6-7-12-11(14)9-13(15)16-12/h11-12H,1,6-9H2,2-5H3/t11-,12?,14+/m1/s1. The summed E-state index contributed by atoms with van der Waals surface area (Å²) in [6.45, 7) is 13.8. The summed E-state index contributed by atoms with van der Waals surface area (Å²) in [7, 11) is -1.36. The molecular formula is C14H24O2Si. The van der Waals surface area contributed by atoms with Crippen molar-refractivity contribution in [3.63, 3.8) is 0 Å². The molecule has 0 amide bonds. The van der Waals surface area contributed by atoms with Crippen molar-refractivity contribution in [2.45, 2.75) is 58.4 Å². The zero-order valence-corrected chi connectivity index (χ0v) is 12.5. The maximum absolute atomic E-state index is 11.5. The Morgan fingerprint density at radius 1 is 1.47 bits per heavy atom. The molecule has 3 heteroatoms. The van der Waals surface area contributed by atoms with Crippen molar-refractivity contribution in [2.24, 2.45) is 11.3 Å². The van der Waals surface area contributed by atoms with Gasteiger partial charge in [0.1, 0.15) is 6.10 Å². The van der Waals surface area contributed by atoms with Gasteiger partial charge in [0.2, 0.25) is 0 Å². The Kier molecular flexibility index (Phi) is 3.01. The summed E-state index contributed by atoms with van der Waals surface area (Å²) in [4.78, 5) is 11.5. The van der Waals surface area contributed by atoms with E-state index >= 15 is 0 Å². The number of fused-ring (bicyclic) bond motifs is 1. The smallest absolute Gasteiger partial charge is 0.306 e. The van der Waals surface area contributed by atoms with E-state index in [0.29, 0.717) is 12.3 Å². The molecule has 2 rings (SSSR count). The lowest BCUT2D eigenvalue weighted by atomic mass is 9.65. The first-order valence-electron chi connectivity index (χ1n) is 6.64. The van der Waals surface area contributed by atoms with Crippen LogP contribution in [0.4, 0.5) is 0 Å². The first kappa shape index (κ1) is 12.9. The molecule has 0 aromatic rings. The van der Waals surface area contributed by atoms with Crippen molar-refractivity contribution >= 4 is 14.0 Å². The number of hydrogen-bond acceptors (Lipinski definition) is 2. The van der Waals surface area contributed by atoms with E-state index in [0.717, 1.165) is 12.8 Å². The van der Waals surface area contributed by atoms with Gasteiger partial charge in [-0.05, 0) is 24.7 Å². The highest BCUT2D eigenvalue weighted by molar-refractivity contribution is 6.83. The maximum Gasteiger partial charge on any atom is 0.306 e. The van der Waals surface area contributed by atoms with Crippen LogP contribution in [0.5, 0.6) is 0 Å². The minimum atomic E-state index is -1.36. The van der Waals surface area contributed by atoms with Crippen molar-refractivity contribution < 1.29 is 9.53 Å². The van der Waals surface area contributed by atoms with Gasteiger partial charge in [0.25, 0.3) is 0 Å². The SMILES string of the molecule is C=C([C@]1(C)CCCC2OC(=O)C[C@H]21)[Si](C)(C)C. The van der Waals surface area contributed by atoms with E-state index in [-0.39, 0.29) is 17.5 Å². The van der Waals surface area contributed by atoms with Crippen LogP contribution in [-0.2, 0) is 9.53 Å². The van der Waals surface area contributed by atoms with Crippen molar-refractivity contribution in [2.75, 3.05) is 0 Å². The highest BCUT2D eigenvalue weighted by Gasteiger charge is 2.51. The van der Waals surface area contributed by atoms with Crippen LogP contribution in [0.25, 0.3) is 0 Å². The van der Waals surface area contributed by atoms with E-state index < -0.39 is 8.07 Å². The average molecular weight is 252 g/mol. The molecule has 2 fully saturated rings. The second kappa shape index (κ2) is 3.97. The number of esters is 1. The minimum Gasteiger partial charge on any atom is -0.462 e. The molecule has 3 atom stereocenters. The molecule has 1 aliphatic carbocycles. The van der Waals surface area contributed by atoms with Crippen molar-refractivity contribution in [3.8, 4) is 0 Å². The molecule has 96 valence electrons. The Morgan fingerprint density at radius 2 is 2.12 bits per heavy atom. The van der Waals surface area contributed by atoms with Crippen LogP contribution in [0.2, 0.25) is 19.6 Å². The predicted octanol–water partition coefficient (Wildman–Crippen LogP) is 3.54.